The summed E-state index contributed by atoms with van der Waals surface area (Å²) in [5, 5.41) is 2.96. The Morgan fingerprint density at radius 3 is 2.32 bits per heavy atom. The molecule has 8 heteroatoms. The number of hydrogen-bond donors (Lipinski definition) is 2. The molecule has 160 valence electrons. The summed E-state index contributed by atoms with van der Waals surface area (Å²) < 4.78 is 21.9. The van der Waals surface area contributed by atoms with Gasteiger partial charge in [-0.2, -0.15) is 0 Å². The van der Waals surface area contributed by atoms with Crippen LogP contribution in [0, 0.1) is 5.41 Å². The first-order valence-electron chi connectivity index (χ1n) is 9.23. The number of benzene rings is 1. The van der Waals surface area contributed by atoms with Crippen LogP contribution < -0.4 is 25.3 Å². The molecule has 0 aromatic heterocycles. The van der Waals surface area contributed by atoms with E-state index in [1.807, 2.05) is 32.9 Å². The van der Waals surface area contributed by atoms with Crippen LogP contribution in [0.5, 0.6) is 17.2 Å². The average Bonchev–Trinajstić information content (AvgIpc) is 2.66. The van der Waals surface area contributed by atoms with Gasteiger partial charge in [0.25, 0.3) is 0 Å². The Morgan fingerprint density at radius 1 is 1.18 bits per heavy atom. The van der Waals surface area contributed by atoms with Crippen molar-refractivity contribution in [2.75, 3.05) is 34.5 Å². The van der Waals surface area contributed by atoms with E-state index in [-0.39, 0.29) is 24.4 Å². The van der Waals surface area contributed by atoms with Gasteiger partial charge in [0.05, 0.1) is 27.4 Å². The van der Waals surface area contributed by atoms with Crippen molar-refractivity contribution < 1.29 is 23.7 Å². The maximum atomic E-state index is 12.7. The molecule has 2 unspecified atom stereocenters. The molecule has 1 aromatic carbocycles. The van der Waals surface area contributed by atoms with E-state index in [4.69, 9.17) is 24.7 Å². The Bertz CT molecular complexity index is 683. The summed E-state index contributed by atoms with van der Waals surface area (Å²) in [6.07, 6.45) is 1.12. The summed E-state index contributed by atoms with van der Waals surface area (Å²) in [7, 11) is 4.73. The first-order valence-corrected chi connectivity index (χ1v) is 9.23. The molecule has 0 radical (unpaired) electrons. The van der Waals surface area contributed by atoms with Crippen LogP contribution >= 0.6 is 12.4 Å². The molecule has 2 atom stereocenters. The summed E-state index contributed by atoms with van der Waals surface area (Å²) >= 11 is 0. The number of halogens is 1. The number of hydrogen-bond acceptors (Lipinski definition) is 6. The summed E-state index contributed by atoms with van der Waals surface area (Å²) in [6.45, 7) is 6.97. The molecule has 7 nitrogen and oxygen atoms in total. The van der Waals surface area contributed by atoms with E-state index >= 15 is 0 Å². The molecule has 0 aliphatic heterocycles. The molecule has 0 saturated heterocycles. The van der Waals surface area contributed by atoms with E-state index in [0.29, 0.717) is 43.2 Å². The van der Waals surface area contributed by atoms with E-state index in [1.54, 1.807) is 21.3 Å². The Hall–Kier alpha value is -1.70. The number of amides is 1. The maximum absolute atomic E-state index is 12.7. The average molecular weight is 417 g/mol. The van der Waals surface area contributed by atoms with Gasteiger partial charge in [-0.15, -0.1) is 12.4 Å². The van der Waals surface area contributed by atoms with Crippen LogP contribution in [0.4, 0.5) is 0 Å². The van der Waals surface area contributed by atoms with Crippen LogP contribution in [0.1, 0.15) is 32.8 Å². The SMILES string of the molecule is CCOC1CC(N)(C(=O)NCCc2ccc(OC)c(OC)c2OC)C1(C)C.Cl. The van der Waals surface area contributed by atoms with Gasteiger partial charge < -0.3 is 30.0 Å². The first-order chi connectivity index (χ1) is 12.8. The summed E-state index contributed by atoms with van der Waals surface area (Å²) in [6, 6.07) is 3.73. The van der Waals surface area contributed by atoms with Gasteiger partial charge in [-0.25, -0.2) is 0 Å². The van der Waals surface area contributed by atoms with Crippen molar-refractivity contribution in [3.05, 3.63) is 17.7 Å². The third kappa shape index (κ3) is 4.16. The number of methoxy groups -OCH3 is 3. The van der Waals surface area contributed by atoms with Crippen molar-refractivity contribution in [1.82, 2.24) is 5.32 Å². The molecule has 1 amide bonds. The molecule has 1 fully saturated rings. The number of nitrogens with two attached hydrogens (primary N) is 1. The van der Waals surface area contributed by atoms with Crippen LogP contribution in [0.3, 0.4) is 0 Å². The quantitative estimate of drug-likeness (QED) is 0.641. The lowest BCUT2D eigenvalue weighted by atomic mass is 9.54. The zero-order valence-corrected chi connectivity index (χ0v) is 18.4. The van der Waals surface area contributed by atoms with E-state index < -0.39 is 11.0 Å². The lowest BCUT2D eigenvalue weighted by molar-refractivity contribution is -0.170. The van der Waals surface area contributed by atoms with Gasteiger partial charge >= 0.3 is 0 Å². The fourth-order valence-electron chi connectivity index (χ4n) is 3.65. The molecule has 3 N–H and O–H groups in total. The van der Waals surface area contributed by atoms with Gasteiger partial charge in [-0.05, 0) is 19.4 Å². The van der Waals surface area contributed by atoms with Gasteiger partial charge in [-0.3, -0.25) is 4.79 Å². The fraction of sp³-hybridized carbons (Fsp3) is 0.650. The number of rotatable bonds is 9. The third-order valence-electron chi connectivity index (χ3n) is 5.70. The van der Waals surface area contributed by atoms with Gasteiger partial charge in [0.15, 0.2) is 11.5 Å². The molecule has 2 rings (SSSR count). The fourth-order valence-corrected chi connectivity index (χ4v) is 3.65. The maximum Gasteiger partial charge on any atom is 0.240 e. The Morgan fingerprint density at radius 2 is 1.82 bits per heavy atom. The third-order valence-corrected chi connectivity index (χ3v) is 5.70. The van der Waals surface area contributed by atoms with E-state index in [0.717, 1.165) is 5.56 Å². The van der Waals surface area contributed by atoms with E-state index in [1.165, 1.54) is 0 Å². The number of ether oxygens (including phenoxy) is 4. The molecule has 1 saturated carbocycles. The second kappa shape index (κ2) is 9.67. The van der Waals surface area contributed by atoms with Crippen LogP contribution in [0.15, 0.2) is 12.1 Å². The predicted molar refractivity (Wildman–Crippen MR) is 111 cm³/mol. The highest BCUT2D eigenvalue weighted by atomic mass is 35.5. The zero-order chi connectivity index (χ0) is 20.2. The Balaban J connectivity index is 0.00000392. The second-order valence-corrected chi connectivity index (χ2v) is 7.34. The molecule has 28 heavy (non-hydrogen) atoms. The molecule has 0 heterocycles. The highest BCUT2D eigenvalue weighted by Crippen LogP contribution is 2.49. The minimum atomic E-state index is -0.922. The van der Waals surface area contributed by atoms with Crippen molar-refractivity contribution in [2.24, 2.45) is 11.1 Å². The Kier molecular flexibility index (Phi) is 8.41. The number of carbonyl (C=O) groups excluding carboxylic acids is 1. The topological polar surface area (TPSA) is 92.0 Å². The van der Waals surface area contributed by atoms with Crippen LogP contribution in [0.2, 0.25) is 0 Å². The summed E-state index contributed by atoms with van der Waals surface area (Å²) in [4.78, 5) is 12.7. The highest BCUT2D eigenvalue weighted by Gasteiger charge is 2.62. The monoisotopic (exact) mass is 416 g/mol. The molecule has 1 aromatic rings. The lowest BCUT2D eigenvalue weighted by Gasteiger charge is -2.57. The molecular formula is C20H33ClN2O5. The standard InChI is InChI=1S/C20H32N2O5.ClH/c1-7-27-15-12-20(21,19(15,2)3)18(23)22-11-10-13-8-9-14(24-4)17(26-6)16(13)25-5;/h8-9,15H,7,10-12,21H2,1-6H3,(H,22,23);1H. The Labute approximate surface area is 173 Å². The van der Waals surface area contributed by atoms with Crippen LogP contribution in [-0.2, 0) is 16.0 Å². The highest BCUT2D eigenvalue weighted by molar-refractivity contribution is 5.88. The van der Waals surface area contributed by atoms with Crippen LogP contribution in [0.25, 0.3) is 0 Å². The molecule has 0 spiro atoms. The van der Waals surface area contributed by atoms with Crippen molar-refractivity contribution in [3.8, 4) is 17.2 Å². The van der Waals surface area contributed by atoms with Crippen molar-refractivity contribution in [3.63, 3.8) is 0 Å². The summed E-state index contributed by atoms with van der Waals surface area (Å²) in [5.41, 5.74) is 6.00. The van der Waals surface area contributed by atoms with Gasteiger partial charge in [0.1, 0.15) is 5.54 Å². The lowest BCUT2D eigenvalue weighted by Crippen LogP contribution is -2.75. The minimum Gasteiger partial charge on any atom is -0.493 e. The molecule has 1 aliphatic rings. The normalized spacial score (nSPS) is 22.5. The number of nitrogens with one attached hydrogen (secondary N) is 1. The largest absolute Gasteiger partial charge is 0.493 e. The van der Waals surface area contributed by atoms with Crippen molar-refractivity contribution >= 4 is 18.3 Å². The minimum absolute atomic E-state index is 0. The molecule has 1 aliphatic carbocycles. The molecule has 0 bridgehead atoms. The second-order valence-electron chi connectivity index (χ2n) is 7.34. The van der Waals surface area contributed by atoms with Gasteiger partial charge in [-0.1, -0.05) is 19.9 Å². The first kappa shape index (κ1) is 24.3. The van der Waals surface area contributed by atoms with Gasteiger partial charge in [0, 0.05) is 30.6 Å². The van der Waals surface area contributed by atoms with Crippen molar-refractivity contribution in [1.29, 1.82) is 0 Å². The summed E-state index contributed by atoms with van der Waals surface area (Å²) in [5.74, 6) is 1.59. The predicted octanol–water partition coefficient (Wildman–Crippen LogP) is 2.33. The smallest absolute Gasteiger partial charge is 0.240 e. The molecular weight excluding hydrogens is 384 g/mol. The van der Waals surface area contributed by atoms with E-state index in [9.17, 15) is 4.79 Å². The zero-order valence-electron chi connectivity index (χ0n) is 17.6. The van der Waals surface area contributed by atoms with Crippen LogP contribution in [-0.4, -0.2) is 52.0 Å². The van der Waals surface area contributed by atoms with Gasteiger partial charge in [0.2, 0.25) is 11.7 Å². The number of carbonyl (C=O) groups is 1. The van der Waals surface area contributed by atoms with Crippen molar-refractivity contribution in [2.45, 2.75) is 45.3 Å². The van der Waals surface area contributed by atoms with E-state index in [2.05, 4.69) is 5.32 Å².